The van der Waals surface area contributed by atoms with Crippen molar-refractivity contribution in [1.29, 1.82) is 0 Å². The lowest BCUT2D eigenvalue weighted by atomic mass is 10.0. The number of aliphatic carboxylic acids is 1. The van der Waals surface area contributed by atoms with Crippen LogP contribution in [-0.2, 0) is 4.79 Å². The minimum Gasteiger partial charge on any atom is -0.493 e. The topological polar surface area (TPSA) is 53.0 Å². The van der Waals surface area contributed by atoms with Crippen LogP contribution in [0.25, 0.3) is 0 Å². The second kappa shape index (κ2) is 11.4. The van der Waals surface area contributed by atoms with Crippen LogP contribution in [0.15, 0.2) is 18.2 Å². The van der Waals surface area contributed by atoms with Gasteiger partial charge >= 0.3 is 5.97 Å². The number of carbonyl (C=O) groups is 1. The maximum Gasteiger partial charge on any atom is 0.317 e. The summed E-state index contributed by atoms with van der Waals surface area (Å²) in [4.78, 5) is 15.5. The first-order valence-corrected chi connectivity index (χ1v) is 9.38. The van der Waals surface area contributed by atoms with E-state index in [4.69, 9.17) is 9.84 Å². The van der Waals surface area contributed by atoms with Crippen molar-refractivity contribution < 1.29 is 14.6 Å². The molecule has 0 aromatic heterocycles. The van der Waals surface area contributed by atoms with Gasteiger partial charge in [-0.1, -0.05) is 25.1 Å². The van der Waals surface area contributed by atoms with Crippen LogP contribution in [0.3, 0.4) is 0 Å². The minimum atomic E-state index is -0.729. The van der Waals surface area contributed by atoms with Crippen molar-refractivity contribution in [2.75, 3.05) is 39.3 Å². The first-order chi connectivity index (χ1) is 12.0. The Morgan fingerprint density at radius 2 is 1.88 bits per heavy atom. The monoisotopic (exact) mass is 384 g/mol. The summed E-state index contributed by atoms with van der Waals surface area (Å²) in [6.45, 7) is 11.1. The van der Waals surface area contributed by atoms with Crippen molar-refractivity contribution in [2.45, 2.75) is 46.1 Å². The number of carboxylic acids is 1. The molecule has 1 aromatic carbocycles. The van der Waals surface area contributed by atoms with Crippen LogP contribution in [-0.4, -0.2) is 66.2 Å². The molecular formula is C20H33ClN2O3. The summed E-state index contributed by atoms with van der Waals surface area (Å²) in [6, 6.07) is 6.64. The number of rotatable bonds is 9. The largest absolute Gasteiger partial charge is 0.493 e. The van der Waals surface area contributed by atoms with Crippen molar-refractivity contribution in [3.63, 3.8) is 0 Å². The molecule has 1 aliphatic heterocycles. The van der Waals surface area contributed by atoms with Crippen LogP contribution in [0, 0.1) is 13.8 Å². The molecule has 1 saturated heterocycles. The molecule has 0 aliphatic carbocycles. The quantitative estimate of drug-likeness (QED) is 0.661. The predicted octanol–water partition coefficient (Wildman–Crippen LogP) is 3.37. The number of aryl methyl sites for hydroxylation is 2. The number of hydrogen-bond donors (Lipinski definition) is 1. The number of nitrogens with zero attached hydrogens (tertiary/aromatic N) is 2. The molecule has 0 saturated carbocycles. The number of ether oxygens (including phenoxy) is 1. The Kier molecular flexibility index (Phi) is 9.99. The molecule has 0 radical (unpaired) electrons. The molecule has 2 rings (SSSR count). The summed E-state index contributed by atoms with van der Waals surface area (Å²) in [5.41, 5.74) is 2.39. The van der Waals surface area contributed by atoms with Gasteiger partial charge in [0.1, 0.15) is 5.75 Å². The average Bonchev–Trinajstić information content (AvgIpc) is 2.59. The fraction of sp³-hybridized carbons (Fsp3) is 0.650. The van der Waals surface area contributed by atoms with Crippen molar-refractivity contribution in [3.8, 4) is 5.75 Å². The van der Waals surface area contributed by atoms with E-state index in [9.17, 15) is 4.79 Å². The molecule has 0 unspecified atom stereocenters. The lowest BCUT2D eigenvalue weighted by Crippen LogP contribution is -2.46. The Morgan fingerprint density at radius 3 is 2.42 bits per heavy atom. The molecule has 1 aromatic rings. The second-order valence-electron chi connectivity index (χ2n) is 6.95. The number of hydrogen-bond acceptors (Lipinski definition) is 4. The summed E-state index contributed by atoms with van der Waals surface area (Å²) in [7, 11) is 0. The zero-order valence-electron chi connectivity index (χ0n) is 16.2. The van der Waals surface area contributed by atoms with Crippen LogP contribution in [0.4, 0.5) is 0 Å². The third-order valence-corrected chi connectivity index (χ3v) is 5.09. The van der Waals surface area contributed by atoms with E-state index in [-0.39, 0.29) is 19.0 Å². The molecule has 1 fully saturated rings. The van der Waals surface area contributed by atoms with Crippen LogP contribution >= 0.6 is 12.4 Å². The van der Waals surface area contributed by atoms with Gasteiger partial charge in [-0.25, -0.2) is 0 Å². The van der Waals surface area contributed by atoms with Crippen LogP contribution in [0.2, 0.25) is 0 Å². The Balaban J connectivity index is 0.00000338. The van der Waals surface area contributed by atoms with Crippen molar-refractivity contribution in [3.05, 3.63) is 29.3 Å². The van der Waals surface area contributed by atoms with Crippen molar-refractivity contribution >= 4 is 18.4 Å². The van der Waals surface area contributed by atoms with Gasteiger partial charge in [0.25, 0.3) is 0 Å². The molecule has 5 nitrogen and oxygen atoms in total. The minimum absolute atomic E-state index is 0. The SMILES string of the molecule is CCN(CC(=O)O)C1CCN(CCCOc2c(C)cccc2C)CC1.Cl. The van der Waals surface area contributed by atoms with E-state index in [1.807, 2.05) is 6.92 Å². The molecule has 0 atom stereocenters. The summed E-state index contributed by atoms with van der Waals surface area (Å²) in [6.07, 6.45) is 3.13. The number of benzene rings is 1. The van der Waals surface area contributed by atoms with E-state index < -0.39 is 5.97 Å². The molecule has 1 heterocycles. The van der Waals surface area contributed by atoms with E-state index in [0.717, 1.165) is 57.8 Å². The first kappa shape index (κ1) is 22.7. The molecule has 148 valence electrons. The van der Waals surface area contributed by atoms with Crippen LogP contribution in [0.1, 0.15) is 37.3 Å². The number of likely N-dealkylation sites (tertiary alicyclic amines) is 1. The van der Waals surface area contributed by atoms with Gasteiger partial charge in [-0.15, -0.1) is 12.4 Å². The Hall–Kier alpha value is -1.30. The van der Waals surface area contributed by atoms with Gasteiger partial charge in [0.05, 0.1) is 13.2 Å². The van der Waals surface area contributed by atoms with Crippen molar-refractivity contribution in [2.24, 2.45) is 0 Å². The van der Waals surface area contributed by atoms with Gasteiger partial charge in [-0.3, -0.25) is 9.69 Å². The molecule has 0 bridgehead atoms. The van der Waals surface area contributed by atoms with Gasteiger partial charge in [-0.2, -0.15) is 0 Å². The Labute approximate surface area is 163 Å². The third kappa shape index (κ3) is 6.78. The maximum absolute atomic E-state index is 10.9. The van der Waals surface area contributed by atoms with Gasteiger partial charge < -0.3 is 14.7 Å². The van der Waals surface area contributed by atoms with Gasteiger partial charge in [0, 0.05) is 12.6 Å². The van der Waals surface area contributed by atoms with Crippen LogP contribution in [0.5, 0.6) is 5.75 Å². The summed E-state index contributed by atoms with van der Waals surface area (Å²) in [5.74, 6) is 0.293. The lowest BCUT2D eigenvalue weighted by Gasteiger charge is -2.37. The number of para-hydroxylation sites is 1. The van der Waals surface area contributed by atoms with Crippen molar-refractivity contribution in [1.82, 2.24) is 9.80 Å². The standard InChI is InChI=1S/C20H32N2O3.ClH/c1-4-22(15-19(23)24)18-9-12-21(13-10-18)11-6-14-25-20-16(2)7-5-8-17(20)3;/h5,7-8,18H,4,6,9-15H2,1-3H3,(H,23,24);1H. The first-order valence-electron chi connectivity index (χ1n) is 9.38. The average molecular weight is 385 g/mol. The zero-order chi connectivity index (χ0) is 18.2. The van der Waals surface area contributed by atoms with E-state index in [2.05, 4.69) is 41.8 Å². The van der Waals surface area contributed by atoms with E-state index >= 15 is 0 Å². The molecule has 1 N–H and O–H groups in total. The van der Waals surface area contributed by atoms with Gasteiger partial charge in [0.2, 0.25) is 0 Å². The molecule has 6 heteroatoms. The van der Waals surface area contributed by atoms with Gasteiger partial charge in [-0.05, 0) is 63.9 Å². The smallest absolute Gasteiger partial charge is 0.317 e. The normalized spacial score (nSPS) is 15.7. The highest BCUT2D eigenvalue weighted by molar-refractivity contribution is 5.85. The number of piperidine rings is 1. The number of likely N-dealkylation sites (N-methyl/N-ethyl adjacent to an activating group) is 1. The fourth-order valence-corrected chi connectivity index (χ4v) is 3.67. The molecular weight excluding hydrogens is 352 g/mol. The predicted molar refractivity (Wildman–Crippen MR) is 108 cm³/mol. The highest BCUT2D eigenvalue weighted by atomic mass is 35.5. The maximum atomic E-state index is 10.9. The zero-order valence-corrected chi connectivity index (χ0v) is 17.1. The highest BCUT2D eigenvalue weighted by Crippen LogP contribution is 2.22. The fourth-order valence-electron chi connectivity index (χ4n) is 3.67. The number of carboxylic acid groups (broad SMARTS) is 1. The molecule has 26 heavy (non-hydrogen) atoms. The molecule has 0 amide bonds. The second-order valence-corrected chi connectivity index (χ2v) is 6.95. The van der Waals surface area contributed by atoms with Gasteiger partial charge in [0.15, 0.2) is 0 Å². The Morgan fingerprint density at radius 1 is 1.27 bits per heavy atom. The number of halogens is 1. The van der Waals surface area contributed by atoms with E-state index in [1.165, 1.54) is 11.1 Å². The molecule has 1 aliphatic rings. The highest BCUT2D eigenvalue weighted by Gasteiger charge is 2.24. The van der Waals surface area contributed by atoms with E-state index in [0.29, 0.717) is 6.04 Å². The van der Waals surface area contributed by atoms with Crippen LogP contribution < -0.4 is 4.74 Å². The summed E-state index contributed by atoms with van der Waals surface area (Å²) >= 11 is 0. The summed E-state index contributed by atoms with van der Waals surface area (Å²) in [5, 5.41) is 9.01. The summed E-state index contributed by atoms with van der Waals surface area (Å²) < 4.78 is 5.98. The molecule has 0 spiro atoms. The van der Waals surface area contributed by atoms with E-state index in [1.54, 1.807) is 0 Å². The lowest BCUT2D eigenvalue weighted by molar-refractivity contribution is -0.139. The third-order valence-electron chi connectivity index (χ3n) is 5.09. The Bertz CT molecular complexity index is 540.